The van der Waals surface area contributed by atoms with Crippen molar-refractivity contribution in [3.8, 4) is 5.75 Å². The largest absolute Gasteiger partial charge is 0.508 e. The summed E-state index contributed by atoms with van der Waals surface area (Å²) in [6, 6.07) is 4.64. The molecule has 98 valence electrons. The second-order valence-electron chi connectivity index (χ2n) is 4.99. The van der Waals surface area contributed by atoms with Crippen molar-refractivity contribution < 1.29 is 14.6 Å². The standard InChI is InChI=1S/C13H18N2O3/c1-8-5-9(3-4-10(8)16)15-12(17)13(2)7-18-6-11(13)14/h3-5,11,16H,6-7,14H2,1-2H3,(H,15,17). The Hall–Kier alpha value is -1.59. The van der Waals surface area contributed by atoms with E-state index in [4.69, 9.17) is 10.5 Å². The third-order valence-corrected chi connectivity index (χ3v) is 3.49. The lowest BCUT2D eigenvalue weighted by Gasteiger charge is -2.25. The molecule has 2 unspecified atom stereocenters. The van der Waals surface area contributed by atoms with Crippen LogP contribution < -0.4 is 11.1 Å². The van der Waals surface area contributed by atoms with Crippen LogP contribution in [0.2, 0.25) is 0 Å². The third kappa shape index (κ3) is 2.19. The van der Waals surface area contributed by atoms with E-state index >= 15 is 0 Å². The summed E-state index contributed by atoms with van der Waals surface area (Å²) in [7, 11) is 0. The molecule has 0 aromatic heterocycles. The van der Waals surface area contributed by atoms with Crippen molar-refractivity contribution in [2.45, 2.75) is 19.9 Å². The molecule has 5 nitrogen and oxygen atoms in total. The van der Waals surface area contributed by atoms with Gasteiger partial charge >= 0.3 is 0 Å². The Bertz CT molecular complexity index is 475. The Kier molecular flexibility index (Phi) is 3.28. The van der Waals surface area contributed by atoms with Crippen LogP contribution in [0, 0.1) is 12.3 Å². The molecule has 1 amide bonds. The number of carbonyl (C=O) groups excluding carboxylic acids is 1. The number of carbonyl (C=O) groups is 1. The minimum atomic E-state index is -0.703. The van der Waals surface area contributed by atoms with E-state index in [0.717, 1.165) is 0 Å². The molecule has 1 heterocycles. The fourth-order valence-electron chi connectivity index (χ4n) is 1.93. The predicted molar refractivity (Wildman–Crippen MR) is 68.4 cm³/mol. The Morgan fingerprint density at radius 3 is 2.89 bits per heavy atom. The van der Waals surface area contributed by atoms with E-state index in [1.165, 1.54) is 0 Å². The number of nitrogens with two attached hydrogens (primary N) is 1. The summed E-state index contributed by atoms with van der Waals surface area (Å²) in [5.74, 6) is 0.0534. The number of ether oxygens (including phenoxy) is 1. The van der Waals surface area contributed by atoms with Crippen LogP contribution in [0.5, 0.6) is 5.75 Å². The van der Waals surface area contributed by atoms with Gasteiger partial charge in [-0.3, -0.25) is 4.79 Å². The van der Waals surface area contributed by atoms with E-state index in [-0.39, 0.29) is 17.7 Å². The third-order valence-electron chi connectivity index (χ3n) is 3.49. The SMILES string of the molecule is Cc1cc(NC(=O)C2(C)COCC2N)ccc1O. The molecule has 1 saturated heterocycles. The predicted octanol–water partition coefficient (Wildman–Crippen LogP) is 1.00. The van der Waals surface area contributed by atoms with Crippen LogP contribution in [0.1, 0.15) is 12.5 Å². The van der Waals surface area contributed by atoms with Gasteiger partial charge in [0, 0.05) is 11.7 Å². The first kappa shape index (κ1) is 12.9. The summed E-state index contributed by atoms with van der Waals surface area (Å²) >= 11 is 0. The molecule has 1 aromatic carbocycles. The highest BCUT2D eigenvalue weighted by Crippen LogP contribution is 2.29. The minimum Gasteiger partial charge on any atom is -0.508 e. The van der Waals surface area contributed by atoms with E-state index in [0.29, 0.717) is 24.5 Å². The first-order valence-electron chi connectivity index (χ1n) is 5.88. The van der Waals surface area contributed by atoms with Gasteiger partial charge in [0.2, 0.25) is 5.91 Å². The van der Waals surface area contributed by atoms with E-state index < -0.39 is 5.41 Å². The number of benzene rings is 1. The molecule has 0 aliphatic carbocycles. The van der Waals surface area contributed by atoms with Crippen LogP contribution in [0.3, 0.4) is 0 Å². The number of aromatic hydroxyl groups is 1. The molecule has 5 heteroatoms. The molecule has 1 aliphatic heterocycles. The molecule has 4 N–H and O–H groups in total. The second kappa shape index (κ2) is 4.59. The number of hydrogen-bond donors (Lipinski definition) is 3. The fourth-order valence-corrected chi connectivity index (χ4v) is 1.93. The maximum absolute atomic E-state index is 12.2. The molecule has 0 saturated carbocycles. The summed E-state index contributed by atoms with van der Waals surface area (Å²) < 4.78 is 5.25. The number of hydrogen-bond acceptors (Lipinski definition) is 4. The van der Waals surface area contributed by atoms with Gasteiger partial charge in [-0.2, -0.15) is 0 Å². The zero-order valence-electron chi connectivity index (χ0n) is 10.6. The number of aryl methyl sites for hydroxylation is 1. The summed E-state index contributed by atoms with van der Waals surface area (Å²) in [6.45, 7) is 4.31. The van der Waals surface area contributed by atoms with Gasteiger partial charge in [0.15, 0.2) is 0 Å². The quantitative estimate of drug-likeness (QED) is 0.684. The number of phenols is 1. The van der Waals surface area contributed by atoms with Crippen molar-refractivity contribution in [3.63, 3.8) is 0 Å². The molecule has 1 aliphatic rings. The van der Waals surface area contributed by atoms with Crippen LogP contribution in [0.25, 0.3) is 0 Å². The Morgan fingerprint density at radius 2 is 2.33 bits per heavy atom. The van der Waals surface area contributed by atoms with Crippen molar-refractivity contribution in [2.24, 2.45) is 11.1 Å². The van der Waals surface area contributed by atoms with Crippen LogP contribution >= 0.6 is 0 Å². The summed E-state index contributed by atoms with van der Waals surface area (Å²) in [6.07, 6.45) is 0. The molecule has 1 aromatic rings. The van der Waals surface area contributed by atoms with E-state index in [1.807, 2.05) is 0 Å². The molecule has 18 heavy (non-hydrogen) atoms. The van der Waals surface area contributed by atoms with Crippen molar-refractivity contribution in [1.82, 2.24) is 0 Å². The van der Waals surface area contributed by atoms with Gasteiger partial charge in [0.1, 0.15) is 5.75 Å². The average Bonchev–Trinajstić information content (AvgIpc) is 2.66. The first-order chi connectivity index (χ1) is 8.43. The lowest BCUT2D eigenvalue weighted by Crippen LogP contribution is -2.47. The van der Waals surface area contributed by atoms with E-state index in [2.05, 4.69) is 5.32 Å². The van der Waals surface area contributed by atoms with Crippen molar-refractivity contribution in [1.29, 1.82) is 0 Å². The van der Waals surface area contributed by atoms with E-state index in [9.17, 15) is 9.90 Å². The monoisotopic (exact) mass is 250 g/mol. The van der Waals surface area contributed by atoms with Gasteiger partial charge in [-0.1, -0.05) is 0 Å². The van der Waals surface area contributed by atoms with Gasteiger partial charge in [0.05, 0.1) is 18.6 Å². The smallest absolute Gasteiger partial charge is 0.234 e. The van der Waals surface area contributed by atoms with Crippen LogP contribution in [-0.2, 0) is 9.53 Å². The zero-order valence-corrected chi connectivity index (χ0v) is 10.6. The van der Waals surface area contributed by atoms with Gasteiger partial charge in [-0.05, 0) is 37.6 Å². The number of rotatable bonds is 2. The molecule has 0 spiro atoms. The maximum Gasteiger partial charge on any atom is 0.234 e. The molecule has 0 bridgehead atoms. The van der Waals surface area contributed by atoms with Crippen molar-refractivity contribution in [2.75, 3.05) is 18.5 Å². The van der Waals surface area contributed by atoms with Gasteiger partial charge < -0.3 is 20.9 Å². The zero-order chi connectivity index (χ0) is 13.3. The number of nitrogens with one attached hydrogen (secondary N) is 1. The van der Waals surface area contributed by atoms with Crippen LogP contribution in [0.15, 0.2) is 18.2 Å². The average molecular weight is 250 g/mol. The second-order valence-corrected chi connectivity index (χ2v) is 4.99. The molecule has 1 fully saturated rings. The summed E-state index contributed by atoms with van der Waals surface area (Å²) in [5.41, 5.74) is 6.56. The highest BCUT2D eigenvalue weighted by Gasteiger charge is 2.44. The Morgan fingerprint density at radius 1 is 1.61 bits per heavy atom. The summed E-state index contributed by atoms with van der Waals surface area (Å²) in [5, 5.41) is 12.2. The molecule has 2 atom stereocenters. The molecular formula is C13H18N2O3. The molecule has 2 rings (SSSR count). The van der Waals surface area contributed by atoms with Crippen LogP contribution in [-0.4, -0.2) is 30.3 Å². The first-order valence-corrected chi connectivity index (χ1v) is 5.88. The lowest BCUT2D eigenvalue weighted by atomic mass is 9.85. The normalized spacial score (nSPS) is 27.2. The number of amides is 1. The molecular weight excluding hydrogens is 232 g/mol. The Labute approximate surface area is 106 Å². The van der Waals surface area contributed by atoms with Gasteiger partial charge in [-0.15, -0.1) is 0 Å². The van der Waals surface area contributed by atoms with Crippen LogP contribution in [0.4, 0.5) is 5.69 Å². The highest BCUT2D eigenvalue weighted by atomic mass is 16.5. The fraction of sp³-hybridized carbons (Fsp3) is 0.462. The maximum atomic E-state index is 12.2. The highest BCUT2D eigenvalue weighted by molar-refractivity contribution is 5.96. The van der Waals surface area contributed by atoms with Gasteiger partial charge in [-0.25, -0.2) is 0 Å². The minimum absolute atomic E-state index is 0.155. The van der Waals surface area contributed by atoms with Gasteiger partial charge in [0.25, 0.3) is 0 Å². The van der Waals surface area contributed by atoms with Crippen molar-refractivity contribution in [3.05, 3.63) is 23.8 Å². The lowest BCUT2D eigenvalue weighted by molar-refractivity contribution is -0.125. The topological polar surface area (TPSA) is 84.6 Å². The Balaban J connectivity index is 2.14. The van der Waals surface area contributed by atoms with E-state index in [1.54, 1.807) is 32.0 Å². The molecule has 0 radical (unpaired) electrons. The number of phenolic OH excluding ortho intramolecular Hbond substituents is 1. The number of anilines is 1. The summed E-state index contributed by atoms with van der Waals surface area (Å²) in [4.78, 5) is 12.2. The van der Waals surface area contributed by atoms with Crippen molar-refractivity contribution >= 4 is 11.6 Å².